The van der Waals surface area contributed by atoms with Gasteiger partial charge in [-0.15, -0.1) is 0 Å². The van der Waals surface area contributed by atoms with Gasteiger partial charge in [0.2, 0.25) is 5.91 Å². The van der Waals surface area contributed by atoms with Crippen LogP contribution in [0.4, 0.5) is 0 Å². The van der Waals surface area contributed by atoms with Gasteiger partial charge < -0.3 is 10.2 Å². The van der Waals surface area contributed by atoms with Crippen molar-refractivity contribution in [3.05, 3.63) is 0 Å². The van der Waals surface area contributed by atoms with Crippen molar-refractivity contribution < 1.29 is 4.79 Å². The molecule has 0 aromatic carbocycles. The summed E-state index contributed by atoms with van der Waals surface area (Å²) in [6.07, 6.45) is 2.87. The molecule has 0 radical (unpaired) electrons. The molecule has 0 saturated carbocycles. The van der Waals surface area contributed by atoms with Gasteiger partial charge >= 0.3 is 0 Å². The van der Waals surface area contributed by atoms with Gasteiger partial charge in [-0.2, -0.15) is 0 Å². The Morgan fingerprint density at radius 1 is 1.28 bits per heavy atom. The van der Waals surface area contributed by atoms with E-state index in [0.29, 0.717) is 18.4 Å². The topological polar surface area (TPSA) is 35.6 Å². The van der Waals surface area contributed by atoms with Crippen molar-refractivity contribution in [2.75, 3.05) is 32.7 Å². The highest BCUT2D eigenvalue weighted by molar-refractivity contribution is 5.76. The summed E-state index contributed by atoms with van der Waals surface area (Å²) in [5.74, 6) is 0.304. The van der Waals surface area contributed by atoms with E-state index < -0.39 is 0 Å². The predicted octanol–water partition coefficient (Wildman–Crippen LogP) is 1.07. The van der Waals surface area contributed by atoms with E-state index in [1.165, 1.54) is 0 Å². The molecular formula is C14H27N3O. The molecule has 18 heavy (non-hydrogen) atoms. The van der Waals surface area contributed by atoms with Crippen LogP contribution < -0.4 is 5.32 Å². The number of hydrogen-bond donors (Lipinski definition) is 1. The van der Waals surface area contributed by atoms with E-state index in [4.69, 9.17) is 0 Å². The number of hydrogen-bond acceptors (Lipinski definition) is 3. The van der Waals surface area contributed by atoms with Crippen LogP contribution in [0, 0.1) is 0 Å². The molecule has 1 unspecified atom stereocenters. The maximum Gasteiger partial charge on any atom is 0.222 e. The highest BCUT2D eigenvalue weighted by Crippen LogP contribution is 2.31. The Kier molecular flexibility index (Phi) is 4.28. The highest BCUT2D eigenvalue weighted by atomic mass is 16.2. The number of carbonyl (C=O) groups excluding carboxylic acids is 1. The van der Waals surface area contributed by atoms with Crippen LogP contribution >= 0.6 is 0 Å². The summed E-state index contributed by atoms with van der Waals surface area (Å²) in [6.45, 7) is 11.8. The van der Waals surface area contributed by atoms with Crippen molar-refractivity contribution in [1.29, 1.82) is 0 Å². The molecule has 2 aliphatic rings. The minimum Gasteiger partial charge on any atom is -0.337 e. The molecule has 2 rings (SSSR count). The molecule has 104 valence electrons. The van der Waals surface area contributed by atoms with Crippen LogP contribution in [0.1, 0.15) is 40.0 Å². The van der Waals surface area contributed by atoms with Crippen LogP contribution in [-0.2, 0) is 4.79 Å². The van der Waals surface area contributed by atoms with E-state index in [2.05, 4.69) is 29.0 Å². The number of piperazine rings is 1. The average molecular weight is 253 g/mol. The Hall–Kier alpha value is -0.610. The van der Waals surface area contributed by atoms with Gasteiger partial charge in [0.05, 0.1) is 0 Å². The summed E-state index contributed by atoms with van der Waals surface area (Å²) in [5, 5.41) is 3.40. The summed E-state index contributed by atoms with van der Waals surface area (Å²) in [4.78, 5) is 16.7. The van der Waals surface area contributed by atoms with Crippen LogP contribution in [0.15, 0.2) is 0 Å². The number of piperidine rings is 1. The number of amides is 1. The second kappa shape index (κ2) is 5.57. The van der Waals surface area contributed by atoms with Crippen molar-refractivity contribution in [2.24, 2.45) is 0 Å². The molecule has 4 heteroatoms. The Morgan fingerprint density at radius 3 is 2.50 bits per heavy atom. The third-order valence-corrected chi connectivity index (χ3v) is 4.42. The van der Waals surface area contributed by atoms with Crippen LogP contribution in [-0.4, -0.2) is 60.0 Å². The maximum atomic E-state index is 12.0. The summed E-state index contributed by atoms with van der Waals surface area (Å²) < 4.78 is 0. The van der Waals surface area contributed by atoms with Gasteiger partial charge in [-0.05, 0) is 26.7 Å². The van der Waals surface area contributed by atoms with Crippen LogP contribution in [0.2, 0.25) is 0 Å². The quantitative estimate of drug-likeness (QED) is 0.799. The first kappa shape index (κ1) is 13.8. The monoisotopic (exact) mass is 253 g/mol. The number of rotatable bonds is 2. The number of nitrogens with one attached hydrogen (secondary N) is 1. The first-order valence-electron chi connectivity index (χ1n) is 7.30. The minimum atomic E-state index is 0.0148. The van der Waals surface area contributed by atoms with E-state index >= 15 is 0 Å². The van der Waals surface area contributed by atoms with E-state index in [9.17, 15) is 4.79 Å². The molecule has 2 heterocycles. The van der Waals surface area contributed by atoms with Crippen molar-refractivity contribution >= 4 is 5.91 Å². The van der Waals surface area contributed by atoms with Crippen LogP contribution in [0.5, 0.6) is 0 Å². The van der Waals surface area contributed by atoms with E-state index in [0.717, 1.165) is 45.6 Å². The molecule has 0 bridgehead atoms. The van der Waals surface area contributed by atoms with E-state index in [1.54, 1.807) is 0 Å². The fourth-order valence-electron chi connectivity index (χ4n) is 3.38. The smallest absolute Gasteiger partial charge is 0.222 e. The lowest BCUT2D eigenvalue weighted by molar-refractivity contribution is -0.139. The molecule has 1 amide bonds. The van der Waals surface area contributed by atoms with Gasteiger partial charge in [-0.1, -0.05) is 6.92 Å². The zero-order valence-corrected chi connectivity index (χ0v) is 12.0. The Morgan fingerprint density at radius 2 is 1.94 bits per heavy atom. The largest absolute Gasteiger partial charge is 0.337 e. The molecular weight excluding hydrogens is 226 g/mol. The molecule has 2 fully saturated rings. The normalized spacial score (nSPS) is 29.3. The lowest BCUT2D eigenvalue weighted by atomic mass is 9.85. The minimum absolute atomic E-state index is 0.0148. The SMILES string of the molecule is CCC(=O)N1CCC(N2CCNCC2)CC1(C)C. The standard InChI is InChI=1S/C14H27N3O/c1-4-13(18)17-8-5-12(11-14(17,2)3)16-9-6-15-7-10-16/h12,15H,4-11H2,1-3H3. The van der Waals surface area contributed by atoms with Gasteiger partial charge in [0.1, 0.15) is 0 Å². The average Bonchev–Trinajstić information content (AvgIpc) is 2.38. The van der Waals surface area contributed by atoms with Gasteiger partial charge in [0, 0.05) is 50.7 Å². The van der Waals surface area contributed by atoms with Crippen molar-refractivity contribution in [3.8, 4) is 0 Å². The van der Waals surface area contributed by atoms with Crippen molar-refractivity contribution in [3.63, 3.8) is 0 Å². The third-order valence-electron chi connectivity index (χ3n) is 4.42. The molecule has 0 aromatic heterocycles. The Labute approximate surface area is 111 Å². The first-order valence-corrected chi connectivity index (χ1v) is 7.30. The Bertz CT molecular complexity index is 297. The lowest BCUT2D eigenvalue weighted by Gasteiger charge is -2.49. The Balaban J connectivity index is 1.98. The molecule has 4 nitrogen and oxygen atoms in total. The van der Waals surface area contributed by atoms with Crippen molar-refractivity contribution in [1.82, 2.24) is 15.1 Å². The molecule has 2 aliphatic heterocycles. The van der Waals surface area contributed by atoms with E-state index in [-0.39, 0.29) is 5.54 Å². The molecule has 0 aromatic rings. The highest BCUT2D eigenvalue weighted by Gasteiger charge is 2.38. The lowest BCUT2D eigenvalue weighted by Crippen LogP contribution is -2.59. The number of nitrogens with zero attached hydrogens (tertiary/aromatic N) is 2. The third kappa shape index (κ3) is 2.86. The molecule has 0 aliphatic carbocycles. The molecule has 2 saturated heterocycles. The van der Waals surface area contributed by atoms with E-state index in [1.807, 2.05) is 6.92 Å². The van der Waals surface area contributed by atoms with Crippen molar-refractivity contribution in [2.45, 2.75) is 51.6 Å². The zero-order chi connectivity index (χ0) is 13.2. The zero-order valence-electron chi connectivity index (χ0n) is 12.0. The first-order chi connectivity index (χ1) is 8.54. The molecule has 1 N–H and O–H groups in total. The second-order valence-electron chi connectivity index (χ2n) is 6.14. The summed E-state index contributed by atoms with van der Waals surface area (Å²) >= 11 is 0. The van der Waals surface area contributed by atoms with Gasteiger partial charge in [-0.25, -0.2) is 0 Å². The number of likely N-dealkylation sites (tertiary alicyclic amines) is 1. The predicted molar refractivity (Wildman–Crippen MR) is 73.5 cm³/mol. The second-order valence-corrected chi connectivity index (χ2v) is 6.14. The molecule has 1 atom stereocenters. The van der Waals surface area contributed by atoms with Gasteiger partial charge in [-0.3, -0.25) is 9.69 Å². The summed E-state index contributed by atoms with van der Waals surface area (Å²) in [5.41, 5.74) is 0.0148. The van der Waals surface area contributed by atoms with Crippen LogP contribution in [0.3, 0.4) is 0 Å². The maximum absolute atomic E-state index is 12.0. The summed E-state index contributed by atoms with van der Waals surface area (Å²) in [7, 11) is 0. The summed E-state index contributed by atoms with van der Waals surface area (Å²) in [6, 6.07) is 0.656. The molecule has 0 spiro atoms. The van der Waals surface area contributed by atoms with Gasteiger partial charge in [0.25, 0.3) is 0 Å². The van der Waals surface area contributed by atoms with Crippen LogP contribution in [0.25, 0.3) is 0 Å². The fraction of sp³-hybridized carbons (Fsp3) is 0.929. The number of carbonyl (C=O) groups is 1. The van der Waals surface area contributed by atoms with Gasteiger partial charge in [0.15, 0.2) is 0 Å². The fourth-order valence-corrected chi connectivity index (χ4v) is 3.38.